The zero-order valence-electron chi connectivity index (χ0n) is 13.3. The van der Waals surface area contributed by atoms with Crippen LogP contribution in [0.2, 0.25) is 0 Å². The Morgan fingerprint density at radius 2 is 1.76 bits per heavy atom. The molecular formula is C17H24N4. The van der Waals surface area contributed by atoms with Crippen LogP contribution in [0.1, 0.15) is 31.7 Å². The summed E-state index contributed by atoms with van der Waals surface area (Å²) in [5, 5.41) is 3.40. The Bertz CT molecular complexity index is 581. The molecule has 0 radical (unpaired) electrons. The maximum Gasteiger partial charge on any atom is 0.141 e. The van der Waals surface area contributed by atoms with Crippen molar-refractivity contribution in [3.05, 3.63) is 41.7 Å². The molecule has 0 amide bonds. The van der Waals surface area contributed by atoms with Gasteiger partial charge in [-0.3, -0.25) is 0 Å². The minimum absolute atomic E-state index is 0.795. The number of hydrogen-bond acceptors (Lipinski definition) is 4. The molecule has 1 aromatic carbocycles. The van der Waals surface area contributed by atoms with Gasteiger partial charge in [0.15, 0.2) is 0 Å². The van der Waals surface area contributed by atoms with Crippen LogP contribution >= 0.6 is 0 Å². The van der Waals surface area contributed by atoms with E-state index in [1.807, 2.05) is 13.0 Å². The predicted molar refractivity (Wildman–Crippen MR) is 89.4 cm³/mol. The first-order chi connectivity index (χ1) is 10.2. The van der Waals surface area contributed by atoms with Gasteiger partial charge in [0.25, 0.3) is 0 Å². The van der Waals surface area contributed by atoms with Crippen LogP contribution in [-0.2, 0) is 0 Å². The standard InChI is InChI=1S/C17H24N4/c1-5-12-18-16-13(3)17(20-14(4)19-16)21(6-2)15-10-8-7-9-11-15/h7-11H,5-6,12H2,1-4H3,(H,18,19,20). The SMILES string of the molecule is CCCNc1nc(C)nc(N(CC)c2ccccc2)c1C. The Kier molecular flexibility index (Phi) is 5.14. The molecule has 0 unspecified atom stereocenters. The molecule has 0 bridgehead atoms. The Hall–Kier alpha value is -2.10. The van der Waals surface area contributed by atoms with E-state index in [2.05, 4.69) is 65.2 Å². The molecule has 0 atom stereocenters. The summed E-state index contributed by atoms with van der Waals surface area (Å²) in [7, 11) is 0. The molecule has 21 heavy (non-hydrogen) atoms. The summed E-state index contributed by atoms with van der Waals surface area (Å²) in [5.41, 5.74) is 2.25. The lowest BCUT2D eigenvalue weighted by molar-refractivity contribution is 0.917. The zero-order chi connectivity index (χ0) is 15.2. The minimum atomic E-state index is 0.795. The molecule has 4 heteroatoms. The Morgan fingerprint density at radius 3 is 2.38 bits per heavy atom. The van der Waals surface area contributed by atoms with Gasteiger partial charge in [-0.1, -0.05) is 25.1 Å². The quantitative estimate of drug-likeness (QED) is 0.868. The number of aromatic nitrogens is 2. The molecule has 1 aromatic heterocycles. The fourth-order valence-corrected chi connectivity index (χ4v) is 2.35. The fraction of sp³-hybridized carbons (Fsp3) is 0.412. The van der Waals surface area contributed by atoms with Gasteiger partial charge in [-0.05, 0) is 39.3 Å². The Balaban J connectivity index is 2.44. The molecule has 0 aliphatic heterocycles. The first-order valence-electron chi connectivity index (χ1n) is 7.59. The zero-order valence-corrected chi connectivity index (χ0v) is 13.3. The van der Waals surface area contributed by atoms with Gasteiger partial charge in [-0.25, -0.2) is 9.97 Å². The molecule has 1 heterocycles. The van der Waals surface area contributed by atoms with Crippen LogP contribution in [0.25, 0.3) is 0 Å². The number of nitrogens with one attached hydrogen (secondary N) is 1. The second-order valence-corrected chi connectivity index (χ2v) is 5.07. The van der Waals surface area contributed by atoms with Gasteiger partial charge in [0.1, 0.15) is 17.5 Å². The average Bonchev–Trinajstić information content (AvgIpc) is 2.50. The number of rotatable bonds is 6. The van der Waals surface area contributed by atoms with Crippen LogP contribution in [-0.4, -0.2) is 23.1 Å². The molecule has 4 nitrogen and oxygen atoms in total. The second-order valence-electron chi connectivity index (χ2n) is 5.07. The van der Waals surface area contributed by atoms with E-state index in [0.29, 0.717) is 0 Å². The van der Waals surface area contributed by atoms with Crippen molar-refractivity contribution in [1.82, 2.24) is 9.97 Å². The smallest absolute Gasteiger partial charge is 0.141 e. The lowest BCUT2D eigenvalue weighted by Crippen LogP contribution is -2.20. The van der Waals surface area contributed by atoms with Crippen molar-refractivity contribution in [3.63, 3.8) is 0 Å². The van der Waals surface area contributed by atoms with Crippen LogP contribution in [0.4, 0.5) is 17.3 Å². The van der Waals surface area contributed by atoms with Gasteiger partial charge in [-0.15, -0.1) is 0 Å². The third-order valence-electron chi connectivity index (χ3n) is 3.41. The van der Waals surface area contributed by atoms with Gasteiger partial charge in [0.05, 0.1) is 0 Å². The van der Waals surface area contributed by atoms with E-state index in [-0.39, 0.29) is 0 Å². The molecule has 2 rings (SSSR count). The maximum atomic E-state index is 4.66. The van der Waals surface area contributed by atoms with Crippen molar-refractivity contribution in [2.75, 3.05) is 23.3 Å². The molecule has 0 aliphatic rings. The molecule has 1 N–H and O–H groups in total. The topological polar surface area (TPSA) is 41.1 Å². The van der Waals surface area contributed by atoms with Crippen molar-refractivity contribution < 1.29 is 0 Å². The minimum Gasteiger partial charge on any atom is -0.370 e. The molecule has 112 valence electrons. The van der Waals surface area contributed by atoms with Gasteiger partial charge in [-0.2, -0.15) is 0 Å². The summed E-state index contributed by atoms with van der Waals surface area (Å²) in [4.78, 5) is 11.4. The molecule has 0 spiro atoms. The molecule has 0 fully saturated rings. The van der Waals surface area contributed by atoms with Crippen molar-refractivity contribution in [3.8, 4) is 0 Å². The summed E-state index contributed by atoms with van der Waals surface area (Å²) in [6.07, 6.45) is 1.08. The molecule has 0 saturated carbocycles. The van der Waals surface area contributed by atoms with Gasteiger partial charge < -0.3 is 10.2 Å². The third-order valence-corrected chi connectivity index (χ3v) is 3.41. The summed E-state index contributed by atoms with van der Waals surface area (Å²) >= 11 is 0. The van der Waals surface area contributed by atoms with E-state index >= 15 is 0 Å². The highest BCUT2D eigenvalue weighted by Gasteiger charge is 2.15. The van der Waals surface area contributed by atoms with E-state index in [1.54, 1.807) is 0 Å². The van der Waals surface area contributed by atoms with E-state index in [1.165, 1.54) is 0 Å². The summed E-state index contributed by atoms with van der Waals surface area (Å²) in [5.74, 6) is 2.71. The van der Waals surface area contributed by atoms with E-state index in [0.717, 1.165) is 48.2 Å². The highest BCUT2D eigenvalue weighted by Crippen LogP contribution is 2.29. The number of hydrogen-bond donors (Lipinski definition) is 1. The van der Waals surface area contributed by atoms with Crippen LogP contribution < -0.4 is 10.2 Å². The number of para-hydroxylation sites is 1. The highest BCUT2D eigenvalue weighted by molar-refractivity contribution is 5.67. The largest absolute Gasteiger partial charge is 0.370 e. The molecular weight excluding hydrogens is 260 g/mol. The fourth-order valence-electron chi connectivity index (χ4n) is 2.35. The van der Waals surface area contributed by atoms with Gasteiger partial charge in [0, 0.05) is 24.3 Å². The predicted octanol–water partition coefficient (Wildman–Crippen LogP) is 4.07. The lowest BCUT2D eigenvalue weighted by atomic mass is 10.2. The number of aryl methyl sites for hydroxylation is 1. The van der Waals surface area contributed by atoms with Crippen molar-refractivity contribution in [1.29, 1.82) is 0 Å². The summed E-state index contributed by atoms with van der Waals surface area (Å²) in [6, 6.07) is 10.4. The van der Waals surface area contributed by atoms with Crippen molar-refractivity contribution in [2.24, 2.45) is 0 Å². The van der Waals surface area contributed by atoms with E-state index in [4.69, 9.17) is 0 Å². The van der Waals surface area contributed by atoms with Crippen LogP contribution in [0.15, 0.2) is 30.3 Å². The Morgan fingerprint density at radius 1 is 1.05 bits per heavy atom. The van der Waals surface area contributed by atoms with Crippen molar-refractivity contribution >= 4 is 17.3 Å². The maximum absolute atomic E-state index is 4.66. The monoisotopic (exact) mass is 284 g/mol. The second kappa shape index (κ2) is 7.07. The number of anilines is 3. The molecule has 0 saturated heterocycles. The van der Waals surface area contributed by atoms with Crippen LogP contribution in [0.5, 0.6) is 0 Å². The van der Waals surface area contributed by atoms with Gasteiger partial charge >= 0.3 is 0 Å². The summed E-state index contributed by atoms with van der Waals surface area (Å²) < 4.78 is 0. The first kappa shape index (κ1) is 15.3. The lowest BCUT2D eigenvalue weighted by Gasteiger charge is -2.25. The summed E-state index contributed by atoms with van der Waals surface area (Å²) in [6.45, 7) is 10.1. The normalized spacial score (nSPS) is 10.5. The van der Waals surface area contributed by atoms with Gasteiger partial charge in [0.2, 0.25) is 0 Å². The first-order valence-corrected chi connectivity index (χ1v) is 7.59. The number of benzene rings is 1. The third kappa shape index (κ3) is 3.51. The highest BCUT2D eigenvalue weighted by atomic mass is 15.2. The number of nitrogens with zero attached hydrogens (tertiary/aromatic N) is 3. The molecule has 2 aromatic rings. The van der Waals surface area contributed by atoms with E-state index in [9.17, 15) is 0 Å². The van der Waals surface area contributed by atoms with Crippen LogP contribution in [0, 0.1) is 13.8 Å². The van der Waals surface area contributed by atoms with Crippen molar-refractivity contribution in [2.45, 2.75) is 34.1 Å². The molecule has 0 aliphatic carbocycles. The van der Waals surface area contributed by atoms with Crippen LogP contribution in [0.3, 0.4) is 0 Å². The average molecular weight is 284 g/mol. The van der Waals surface area contributed by atoms with E-state index < -0.39 is 0 Å². The Labute approximate surface area is 127 Å².